The topological polar surface area (TPSA) is 0 Å². The molecule has 0 aliphatic carbocycles. The summed E-state index contributed by atoms with van der Waals surface area (Å²) in [5.74, 6) is 0.284. The zero-order valence-corrected chi connectivity index (χ0v) is 14.2. The molecular formula is C23H24. The Bertz CT molecular complexity index is 692. The summed E-state index contributed by atoms with van der Waals surface area (Å²) >= 11 is 0. The van der Waals surface area contributed by atoms with E-state index in [1.54, 1.807) is 0 Å². The van der Waals surface area contributed by atoms with Crippen LogP contribution in [0.4, 0.5) is 0 Å². The highest BCUT2D eigenvalue weighted by Crippen LogP contribution is 2.33. The van der Waals surface area contributed by atoms with Crippen molar-refractivity contribution in [3.63, 3.8) is 0 Å². The fourth-order valence-electron chi connectivity index (χ4n) is 3.04. The monoisotopic (exact) mass is 300 g/mol. The van der Waals surface area contributed by atoms with Crippen LogP contribution in [0, 0.1) is 0 Å². The minimum atomic E-state index is 0.188. The van der Waals surface area contributed by atoms with Crippen molar-refractivity contribution in [1.29, 1.82) is 0 Å². The highest BCUT2D eigenvalue weighted by molar-refractivity contribution is 5.44. The van der Waals surface area contributed by atoms with Gasteiger partial charge in [-0.15, -0.1) is 0 Å². The first kappa shape index (κ1) is 15.6. The number of rotatable bonds is 3. The van der Waals surface area contributed by atoms with Crippen LogP contribution in [0.1, 0.15) is 48.9 Å². The van der Waals surface area contributed by atoms with Crippen molar-refractivity contribution in [3.05, 3.63) is 107 Å². The Hall–Kier alpha value is -2.34. The van der Waals surface area contributed by atoms with Crippen molar-refractivity contribution >= 4 is 0 Å². The second kappa shape index (κ2) is 6.42. The summed E-state index contributed by atoms with van der Waals surface area (Å²) in [7, 11) is 0. The van der Waals surface area contributed by atoms with Gasteiger partial charge in [0.2, 0.25) is 0 Å². The zero-order chi connectivity index (χ0) is 16.3. The van der Waals surface area contributed by atoms with Gasteiger partial charge in [0.15, 0.2) is 0 Å². The average Bonchev–Trinajstić information content (AvgIpc) is 2.57. The molecule has 0 atom stereocenters. The molecule has 0 aromatic heterocycles. The number of hydrogen-bond donors (Lipinski definition) is 0. The lowest BCUT2D eigenvalue weighted by Gasteiger charge is -2.22. The molecule has 3 aromatic carbocycles. The Balaban J connectivity index is 2.06. The van der Waals surface area contributed by atoms with Gasteiger partial charge < -0.3 is 0 Å². The Morgan fingerprint density at radius 1 is 0.522 bits per heavy atom. The van der Waals surface area contributed by atoms with E-state index >= 15 is 0 Å². The maximum Gasteiger partial charge on any atom is 0.0339 e. The van der Waals surface area contributed by atoms with E-state index in [1.807, 2.05) is 0 Å². The molecule has 0 saturated heterocycles. The first-order chi connectivity index (χ1) is 11.1. The van der Waals surface area contributed by atoms with Gasteiger partial charge in [0.05, 0.1) is 0 Å². The lowest BCUT2D eigenvalue weighted by Crippen LogP contribution is -2.11. The molecule has 0 spiro atoms. The number of benzene rings is 3. The maximum atomic E-state index is 2.28. The van der Waals surface area contributed by atoms with Gasteiger partial charge in [0.1, 0.15) is 0 Å². The molecule has 116 valence electrons. The predicted molar refractivity (Wildman–Crippen MR) is 99.0 cm³/mol. The van der Waals surface area contributed by atoms with Crippen molar-refractivity contribution in [3.8, 4) is 0 Å². The molecule has 0 radical (unpaired) electrons. The van der Waals surface area contributed by atoms with Gasteiger partial charge >= 0.3 is 0 Å². The van der Waals surface area contributed by atoms with E-state index in [2.05, 4.69) is 106 Å². The van der Waals surface area contributed by atoms with Crippen molar-refractivity contribution in [2.75, 3.05) is 0 Å². The molecule has 0 N–H and O–H groups in total. The molecule has 23 heavy (non-hydrogen) atoms. The highest BCUT2D eigenvalue weighted by Gasteiger charge is 2.18. The van der Waals surface area contributed by atoms with Gasteiger partial charge in [-0.05, 0) is 27.7 Å². The minimum Gasteiger partial charge on any atom is -0.0622 e. The average molecular weight is 300 g/mol. The summed E-state index contributed by atoms with van der Waals surface area (Å²) in [5, 5.41) is 0. The van der Waals surface area contributed by atoms with Gasteiger partial charge in [-0.1, -0.05) is 106 Å². The molecule has 0 nitrogen and oxygen atoms in total. The summed E-state index contributed by atoms with van der Waals surface area (Å²) in [4.78, 5) is 0. The van der Waals surface area contributed by atoms with Gasteiger partial charge in [-0.25, -0.2) is 0 Å². The van der Waals surface area contributed by atoms with Crippen LogP contribution in [0.15, 0.2) is 84.9 Å². The second-order valence-corrected chi connectivity index (χ2v) is 7.13. The van der Waals surface area contributed by atoms with Crippen LogP contribution in [0.25, 0.3) is 0 Å². The van der Waals surface area contributed by atoms with Crippen molar-refractivity contribution in [1.82, 2.24) is 0 Å². The molecule has 0 heteroatoms. The normalized spacial score (nSPS) is 11.7. The van der Waals surface area contributed by atoms with E-state index in [-0.39, 0.29) is 11.3 Å². The standard InChI is InChI=1S/C23H24/c1-23(2,3)21-16-14-20(15-17-21)22(18-10-6-4-7-11-18)19-12-8-5-9-13-19/h4-17,22H,1-3H3. The van der Waals surface area contributed by atoms with Gasteiger partial charge in [-0.2, -0.15) is 0 Å². The van der Waals surface area contributed by atoms with E-state index in [4.69, 9.17) is 0 Å². The molecule has 0 saturated carbocycles. The van der Waals surface area contributed by atoms with E-state index in [0.717, 1.165) is 0 Å². The Morgan fingerprint density at radius 2 is 0.913 bits per heavy atom. The largest absolute Gasteiger partial charge is 0.0622 e. The van der Waals surface area contributed by atoms with Crippen LogP contribution >= 0.6 is 0 Å². The third-order valence-corrected chi connectivity index (χ3v) is 4.38. The summed E-state index contributed by atoms with van der Waals surface area (Å²) in [6.45, 7) is 6.77. The Morgan fingerprint density at radius 3 is 1.30 bits per heavy atom. The summed E-state index contributed by atoms with van der Waals surface area (Å²) in [6.07, 6.45) is 0. The van der Waals surface area contributed by atoms with Crippen LogP contribution < -0.4 is 0 Å². The van der Waals surface area contributed by atoms with Crippen molar-refractivity contribution in [2.45, 2.75) is 32.1 Å². The molecule has 0 heterocycles. The summed E-state index contributed by atoms with van der Waals surface area (Å²) in [6, 6.07) is 30.6. The zero-order valence-electron chi connectivity index (χ0n) is 14.2. The first-order valence-corrected chi connectivity index (χ1v) is 8.26. The van der Waals surface area contributed by atoms with E-state index in [0.29, 0.717) is 0 Å². The molecular weight excluding hydrogens is 276 g/mol. The molecule has 3 aromatic rings. The molecule has 3 rings (SSSR count). The quantitative estimate of drug-likeness (QED) is 0.508. The van der Waals surface area contributed by atoms with Crippen molar-refractivity contribution < 1.29 is 0 Å². The van der Waals surface area contributed by atoms with Gasteiger partial charge in [0, 0.05) is 5.92 Å². The molecule has 0 aliphatic heterocycles. The fraction of sp³-hybridized carbons (Fsp3) is 0.217. The van der Waals surface area contributed by atoms with Crippen LogP contribution in [0.3, 0.4) is 0 Å². The van der Waals surface area contributed by atoms with Gasteiger partial charge in [0.25, 0.3) is 0 Å². The molecule has 0 unspecified atom stereocenters. The third kappa shape index (κ3) is 3.53. The van der Waals surface area contributed by atoms with Crippen LogP contribution in [0.2, 0.25) is 0 Å². The third-order valence-electron chi connectivity index (χ3n) is 4.38. The van der Waals surface area contributed by atoms with Crippen LogP contribution in [-0.4, -0.2) is 0 Å². The first-order valence-electron chi connectivity index (χ1n) is 8.26. The van der Waals surface area contributed by atoms with E-state index < -0.39 is 0 Å². The van der Waals surface area contributed by atoms with Crippen molar-refractivity contribution in [2.24, 2.45) is 0 Å². The molecule has 0 fully saturated rings. The minimum absolute atomic E-state index is 0.188. The maximum absolute atomic E-state index is 2.28. The lowest BCUT2D eigenvalue weighted by atomic mass is 9.82. The molecule has 0 amide bonds. The fourth-order valence-corrected chi connectivity index (χ4v) is 3.04. The van der Waals surface area contributed by atoms with E-state index in [9.17, 15) is 0 Å². The van der Waals surface area contributed by atoms with E-state index in [1.165, 1.54) is 22.3 Å². The Labute approximate surface area is 139 Å². The lowest BCUT2D eigenvalue weighted by molar-refractivity contribution is 0.590. The smallest absolute Gasteiger partial charge is 0.0339 e. The SMILES string of the molecule is CC(C)(C)c1ccc(C(c2ccccc2)c2ccccc2)cc1. The van der Waals surface area contributed by atoms with Crippen LogP contribution in [0.5, 0.6) is 0 Å². The Kier molecular flexibility index (Phi) is 4.34. The second-order valence-electron chi connectivity index (χ2n) is 7.13. The van der Waals surface area contributed by atoms with Gasteiger partial charge in [-0.3, -0.25) is 0 Å². The summed E-state index contributed by atoms with van der Waals surface area (Å²) < 4.78 is 0. The molecule has 0 bridgehead atoms. The summed E-state index contributed by atoms with van der Waals surface area (Å²) in [5.41, 5.74) is 5.58. The van der Waals surface area contributed by atoms with Crippen LogP contribution in [-0.2, 0) is 5.41 Å². The highest BCUT2D eigenvalue weighted by atomic mass is 14.2. The predicted octanol–water partition coefficient (Wildman–Crippen LogP) is 6.16. The molecule has 0 aliphatic rings. The number of hydrogen-bond acceptors (Lipinski definition) is 0.